The summed E-state index contributed by atoms with van der Waals surface area (Å²) in [5.74, 6) is -0.0963. The molecule has 0 fully saturated rings. The van der Waals surface area contributed by atoms with Crippen LogP contribution in [0.1, 0.15) is 0 Å². The lowest BCUT2D eigenvalue weighted by Crippen LogP contribution is -2.26. The summed E-state index contributed by atoms with van der Waals surface area (Å²) in [5.41, 5.74) is 15.3. The Labute approximate surface area is 61.5 Å². The third-order valence-corrected chi connectivity index (χ3v) is 1.22. The van der Waals surface area contributed by atoms with Crippen LogP contribution in [0.5, 0.6) is 0 Å². The Morgan fingerprint density at radius 1 is 1.27 bits per heavy atom. The Balaban J connectivity index is 3.59. The molecule has 0 aliphatic rings. The maximum absolute atomic E-state index is 8.81. The summed E-state index contributed by atoms with van der Waals surface area (Å²) in [5, 5.41) is 19.2. The van der Waals surface area contributed by atoms with Crippen molar-refractivity contribution in [2.24, 2.45) is 0 Å². The summed E-state index contributed by atoms with van der Waals surface area (Å²) < 4.78 is 0. The number of hydrogen-bond donors (Lipinski definition) is 5. The van der Waals surface area contributed by atoms with E-state index in [2.05, 4.69) is 5.10 Å². The van der Waals surface area contributed by atoms with E-state index in [1.165, 1.54) is 0 Å². The lowest BCUT2D eigenvalue weighted by Gasteiger charge is -2.04. The number of nitrogens with two attached hydrogens (primary N) is 3. The van der Waals surface area contributed by atoms with Crippen molar-refractivity contribution in [2.75, 3.05) is 17.2 Å². The first-order chi connectivity index (χ1) is 5.04. The Bertz CT molecular complexity index is 341. The fraction of sp³-hybridized carbons (Fsp3) is 0. The highest BCUT2D eigenvalue weighted by Gasteiger charge is 2.05. The second kappa shape index (κ2) is 2.04. The van der Waals surface area contributed by atoms with Crippen LogP contribution < -0.4 is 22.7 Å². The van der Waals surface area contributed by atoms with E-state index in [1.807, 2.05) is 0 Å². The van der Waals surface area contributed by atoms with Crippen LogP contribution in [0.25, 0.3) is 0 Å². The second-order valence-corrected chi connectivity index (χ2v) is 1.95. The molecule has 1 aromatic heterocycles. The third-order valence-electron chi connectivity index (χ3n) is 1.22. The van der Waals surface area contributed by atoms with E-state index in [-0.39, 0.29) is 27.5 Å². The van der Waals surface area contributed by atoms with Crippen molar-refractivity contribution in [1.29, 1.82) is 5.41 Å². The van der Waals surface area contributed by atoms with Gasteiger partial charge in [-0.2, -0.15) is 0 Å². The Morgan fingerprint density at radius 2 is 1.82 bits per heavy atom. The minimum absolute atomic E-state index is 0.0142. The number of nitrogens with one attached hydrogen (secondary N) is 1. The zero-order valence-corrected chi connectivity index (χ0v) is 5.57. The van der Waals surface area contributed by atoms with E-state index in [1.54, 1.807) is 0 Å². The lowest BCUT2D eigenvalue weighted by atomic mass is 10.4. The fourth-order valence-corrected chi connectivity index (χ4v) is 0.579. The van der Waals surface area contributed by atoms with Crippen molar-refractivity contribution >= 4 is 17.2 Å². The van der Waals surface area contributed by atoms with Crippen molar-refractivity contribution in [1.82, 2.24) is 9.94 Å². The molecule has 0 atom stereocenters. The zero-order chi connectivity index (χ0) is 8.59. The molecule has 0 saturated heterocycles. The van der Waals surface area contributed by atoms with Gasteiger partial charge in [-0.15, -0.1) is 5.10 Å². The molecule has 0 radical (unpaired) electrons. The summed E-state index contributed by atoms with van der Waals surface area (Å²) in [7, 11) is 0. The van der Waals surface area contributed by atoms with Crippen molar-refractivity contribution in [3.63, 3.8) is 0 Å². The average molecular weight is 156 g/mol. The summed E-state index contributed by atoms with van der Waals surface area (Å²) in [6, 6.07) is 0. The van der Waals surface area contributed by atoms with Crippen LogP contribution in [0, 0.1) is 5.41 Å². The first kappa shape index (κ1) is 7.19. The van der Waals surface area contributed by atoms with Gasteiger partial charge >= 0.3 is 0 Å². The van der Waals surface area contributed by atoms with Gasteiger partial charge in [0.15, 0.2) is 5.82 Å². The van der Waals surface area contributed by atoms with Gasteiger partial charge in [-0.3, -0.25) is 5.41 Å². The number of rotatable bonds is 0. The predicted octanol–water partition coefficient (Wildman–Crippen LogP) is -1.65. The van der Waals surface area contributed by atoms with E-state index in [0.29, 0.717) is 0 Å². The second-order valence-electron chi connectivity index (χ2n) is 1.95. The van der Waals surface area contributed by atoms with Gasteiger partial charge in [0.25, 0.3) is 0 Å². The van der Waals surface area contributed by atoms with Crippen molar-refractivity contribution in [3.05, 3.63) is 5.49 Å². The topological polar surface area (TPSA) is 140 Å². The molecule has 0 saturated carbocycles. The number of aromatic nitrogens is 2. The van der Waals surface area contributed by atoms with Gasteiger partial charge in [0.2, 0.25) is 5.49 Å². The number of anilines is 3. The summed E-state index contributed by atoms with van der Waals surface area (Å²) in [6.45, 7) is 0. The Morgan fingerprint density at radius 3 is 2.36 bits per heavy atom. The minimum atomic E-state index is -0.378. The third kappa shape index (κ3) is 0.914. The fourth-order valence-electron chi connectivity index (χ4n) is 0.579. The van der Waals surface area contributed by atoms with Crippen LogP contribution in [0.3, 0.4) is 0 Å². The molecule has 7 heteroatoms. The van der Waals surface area contributed by atoms with Gasteiger partial charge in [0, 0.05) is 0 Å². The predicted molar refractivity (Wildman–Crippen MR) is 38.5 cm³/mol. The van der Waals surface area contributed by atoms with Crippen LogP contribution in [0.4, 0.5) is 17.2 Å². The Kier molecular flexibility index (Phi) is 1.34. The van der Waals surface area contributed by atoms with E-state index in [4.69, 9.17) is 27.8 Å². The molecule has 0 aromatic carbocycles. The standard InChI is InChI=1S/C4H8N6O/c5-1-2(6)4(8)10(11)9-3(1)7/h8,11H,5-6H2,(H2,7,9). The summed E-state index contributed by atoms with van der Waals surface area (Å²) >= 11 is 0. The smallest absolute Gasteiger partial charge is 0.207 e. The monoisotopic (exact) mass is 156 g/mol. The van der Waals surface area contributed by atoms with Crippen LogP contribution in [-0.2, 0) is 0 Å². The van der Waals surface area contributed by atoms with Crippen LogP contribution in [0.2, 0.25) is 0 Å². The number of nitrogens with zero attached hydrogens (tertiary/aromatic N) is 2. The molecule has 7 nitrogen and oxygen atoms in total. The first-order valence-electron chi connectivity index (χ1n) is 2.71. The zero-order valence-electron chi connectivity index (χ0n) is 5.57. The van der Waals surface area contributed by atoms with Crippen LogP contribution in [-0.4, -0.2) is 15.2 Å². The highest BCUT2D eigenvalue weighted by molar-refractivity contribution is 5.72. The minimum Gasteiger partial charge on any atom is -0.410 e. The van der Waals surface area contributed by atoms with Gasteiger partial charge in [0.1, 0.15) is 11.4 Å². The summed E-state index contributed by atoms with van der Waals surface area (Å²) in [6.07, 6.45) is 0. The van der Waals surface area contributed by atoms with Gasteiger partial charge in [0.05, 0.1) is 0 Å². The quantitative estimate of drug-likeness (QED) is 0.286. The van der Waals surface area contributed by atoms with E-state index < -0.39 is 0 Å². The molecule has 1 aromatic rings. The molecule has 0 amide bonds. The molecule has 0 spiro atoms. The van der Waals surface area contributed by atoms with Gasteiger partial charge < -0.3 is 22.4 Å². The van der Waals surface area contributed by atoms with E-state index in [0.717, 1.165) is 0 Å². The van der Waals surface area contributed by atoms with Gasteiger partial charge in [-0.25, -0.2) is 0 Å². The number of hydrogen-bond acceptors (Lipinski definition) is 6. The molecule has 0 bridgehead atoms. The average Bonchev–Trinajstić information content (AvgIpc) is 1.97. The first-order valence-corrected chi connectivity index (χ1v) is 2.71. The normalized spacial score (nSPS) is 9.82. The molecular weight excluding hydrogens is 148 g/mol. The van der Waals surface area contributed by atoms with Crippen molar-refractivity contribution < 1.29 is 5.21 Å². The largest absolute Gasteiger partial charge is 0.410 e. The molecule has 1 rings (SSSR count). The lowest BCUT2D eigenvalue weighted by molar-refractivity contribution is 0.132. The SMILES string of the molecule is N=c1c(N)c(N)c(N)nn1O. The molecule has 0 aliphatic carbocycles. The molecular formula is C4H8N6O. The molecule has 8 N–H and O–H groups in total. The Hall–Kier alpha value is -1.92. The van der Waals surface area contributed by atoms with Crippen LogP contribution >= 0.6 is 0 Å². The van der Waals surface area contributed by atoms with Gasteiger partial charge in [-0.05, 0) is 0 Å². The molecule has 11 heavy (non-hydrogen) atoms. The molecule has 0 unspecified atom stereocenters. The van der Waals surface area contributed by atoms with E-state index in [9.17, 15) is 0 Å². The van der Waals surface area contributed by atoms with E-state index >= 15 is 0 Å². The molecule has 60 valence electrons. The highest BCUT2D eigenvalue weighted by atomic mass is 16.5. The highest BCUT2D eigenvalue weighted by Crippen LogP contribution is 2.13. The number of nitrogen functional groups attached to an aromatic ring is 3. The molecule has 0 aliphatic heterocycles. The summed E-state index contributed by atoms with van der Waals surface area (Å²) in [4.78, 5) is 0.265. The van der Waals surface area contributed by atoms with Crippen molar-refractivity contribution in [2.45, 2.75) is 0 Å². The van der Waals surface area contributed by atoms with Gasteiger partial charge in [-0.1, -0.05) is 4.85 Å². The maximum atomic E-state index is 8.81. The maximum Gasteiger partial charge on any atom is 0.207 e. The van der Waals surface area contributed by atoms with Crippen LogP contribution in [0.15, 0.2) is 0 Å². The molecule has 1 heterocycles. The van der Waals surface area contributed by atoms with Crippen molar-refractivity contribution in [3.8, 4) is 0 Å².